The molecule has 0 N–H and O–H groups in total. The Morgan fingerprint density at radius 3 is 1.25 bits per heavy atom. The molecule has 6 rings (SSSR count). The summed E-state index contributed by atoms with van der Waals surface area (Å²) >= 11 is 0.729. The monoisotopic (exact) mass is 888 g/mol. The molecule has 0 aromatic heterocycles. The molecule has 0 amide bonds. The molecule has 5 aromatic rings. The number of benzene rings is 4. The van der Waals surface area contributed by atoms with Gasteiger partial charge >= 0.3 is 137 Å². The van der Waals surface area contributed by atoms with Crippen LogP contribution in [0.3, 0.4) is 0 Å². The summed E-state index contributed by atoms with van der Waals surface area (Å²) in [5.74, 6) is 0.518. The first-order valence-electron chi connectivity index (χ1n) is 18.1. The van der Waals surface area contributed by atoms with Gasteiger partial charge in [0.1, 0.15) is 0 Å². The van der Waals surface area contributed by atoms with Crippen LogP contribution in [0.15, 0.2) is 108 Å². The molecule has 0 bridgehead atoms. The van der Waals surface area contributed by atoms with Gasteiger partial charge in [0.05, 0.1) is 0 Å². The summed E-state index contributed by atoms with van der Waals surface area (Å²) in [4.78, 5) is 0. The van der Waals surface area contributed by atoms with Crippen LogP contribution >= 0.6 is 0 Å². The SMILES string of the molecule is CC(C)(C)c1ccc2[cH-]c3ccc(C(C)(C)C)cc3c2c1.CC1=[C-]C(C)C=C1C(C)(C)C.FC(F)(F)c1cccc([C](=[Zr+2])c2cccc(C(F)(F)F)c2)c1.[Cl-].[Cl-]. The van der Waals surface area contributed by atoms with E-state index in [0.29, 0.717) is 14.5 Å². The van der Waals surface area contributed by atoms with Gasteiger partial charge in [-0.05, 0) is 10.8 Å². The quantitative estimate of drug-likeness (QED) is 0.123. The largest absolute Gasteiger partial charge is 1.00 e. The number of hydrogen-bond acceptors (Lipinski definition) is 0. The molecule has 0 saturated heterocycles. The van der Waals surface area contributed by atoms with Gasteiger partial charge in [-0.15, -0.1) is 39.7 Å². The minimum atomic E-state index is -4.49. The molecule has 0 nitrogen and oxygen atoms in total. The molecular formula is C47H50Cl2F6Zr-2. The first-order chi connectivity index (χ1) is 24.7. The van der Waals surface area contributed by atoms with Crippen molar-refractivity contribution in [2.45, 2.75) is 99.3 Å². The van der Waals surface area contributed by atoms with E-state index >= 15 is 0 Å². The van der Waals surface area contributed by atoms with Gasteiger partial charge in [0.15, 0.2) is 0 Å². The number of fused-ring (bicyclic) bond motifs is 3. The Hall–Kier alpha value is -2.86. The van der Waals surface area contributed by atoms with Crippen LogP contribution in [0.1, 0.15) is 110 Å². The van der Waals surface area contributed by atoms with Crippen LogP contribution in [0.2, 0.25) is 0 Å². The number of rotatable bonds is 2. The summed E-state index contributed by atoms with van der Waals surface area (Å²) in [6, 6.07) is 25.3. The van der Waals surface area contributed by atoms with E-state index < -0.39 is 23.5 Å². The van der Waals surface area contributed by atoms with Crippen molar-refractivity contribution in [1.29, 1.82) is 0 Å². The van der Waals surface area contributed by atoms with Crippen molar-refractivity contribution in [3.63, 3.8) is 0 Å². The molecule has 0 fully saturated rings. The Bertz CT molecular complexity index is 2070. The van der Waals surface area contributed by atoms with E-state index in [-0.39, 0.29) is 46.8 Å². The van der Waals surface area contributed by atoms with Crippen molar-refractivity contribution in [3.05, 3.63) is 148 Å². The van der Waals surface area contributed by atoms with Crippen LogP contribution in [0, 0.1) is 17.4 Å². The number of allylic oxidation sites excluding steroid dienone is 4. The summed E-state index contributed by atoms with van der Waals surface area (Å²) in [5.41, 5.74) is 5.19. The van der Waals surface area contributed by atoms with Gasteiger partial charge in [-0.2, -0.15) is 11.6 Å². The predicted octanol–water partition coefficient (Wildman–Crippen LogP) is 8.51. The van der Waals surface area contributed by atoms with Crippen LogP contribution in [-0.2, 0) is 47.4 Å². The molecule has 0 radical (unpaired) electrons. The molecule has 9 heteroatoms. The van der Waals surface area contributed by atoms with Crippen molar-refractivity contribution < 1.29 is 75.4 Å². The molecule has 0 heterocycles. The molecule has 1 aliphatic rings. The molecule has 1 unspecified atom stereocenters. The molecule has 1 atom stereocenters. The van der Waals surface area contributed by atoms with E-state index in [1.54, 1.807) is 0 Å². The van der Waals surface area contributed by atoms with Crippen LogP contribution in [0.25, 0.3) is 21.5 Å². The Kier molecular flexibility index (Phi) is 16.2. The third kappa shape index (κ3) is 12.6. The van der Waals surface area contributed by atoms with Crippen molar-refractivity contribution in [2.75, 3.05) is 0 Å². The maximum absolute atomic E-state index is 12.7. The molecule has 0 aliphatic heterocycles. The normalized spacial score (nSPS) is 14.7. The Balaban J connectivity index is 0.000000300. The van der Waals surface area contributed by atoms with Gasteiger partial charge in [0, 0.05) is 0 Å². The summed E-state index contributed by atoms with van der Waals surface area (Å²) in [7, 11) is 0. The third-order valence-electron chi connectivity index (χ3n) is 9.47. The van der Waals surface area contributed by atoms with Crippen molar-refractivity contribution in [3.8, 4) is 0 Å². The standard InChI is InChI=1S/C21H25.C15H8F6.C11H17.2ClH.Zr/c1-20(2,3)16-9-7-14-11-15-8-10-17(21(4,5)6)13-19(15)18(14)12-16;16-14(17,18)12-5-1-3-10(8-12)7-11-4-2-6-13(9-11)15(19,20)21;1-8-6-9(2)10(7-8)11(3,4)5;;;/h7-13H,1-6H3;1-6,8-9H;7-8H,1-5H3;2*1H;/q-1;;-1;;;+2/p-2. The molecule has 0 saturated carbocycles. The fourth-order valence-corrected chi connectivity index (χ4v) is 7.21. The van der Waals surface area contributed by atoms with E-state index in [4.69, 9.17) is 0 Å². The van der Waals surface area contributed by atoms with E-state index in [1.807, 2.05) is 0 Å². The topological polar surface area (TPSA) is 0 Å². The van der Waals surface area contributed by atoms with Crippen LogP contribution in [0.5, 0.6) is 0 Å². The molecule has 0 spiro atoms. The van der Waals surface area contributed by atoms with Crippen molar-refractivity contribution in [2.24, 2.45) is 11.3 Å². The van der Waals surface area contributed by atoms with Crippen LogP contribution in [-0.4, -0.2) is 3.21 Å². The summed E-state index contributed by atoms with van der Waals surface area (Å²) in [6.45, 7) is 24.8. The molecule has 56 heavy (non-hydrogen) atoms. The van der Waals surface area contributed by atoms with E-state index in [2.05, 4.69) is 131 Å². The van der Waals surface area contributed by atoms with Gasteiger partial charge in [0.2, 0.25) is 0 Å². The zero-order chi connectivity index (χ0) is 40.6. The minimum Gasteiger partial charge on any atom is -1.00 e. The Labute approximate surface area is 356 Å². The van der Waals surface area contributed by atoms with E-state index in [9.17, 15) is 26.3 Å². The van der Waals surface area contributed by atoms with E-state index in [1.165, 1.54) is 68.1 Å². The number of hydrogen-bond donors (Lipinski definition) is 0. The zero-order valence-corrected chi connectivity index (χ0v) is 37.8. The fourth-order valence-electron chi connectivity index (χ4n) is 6.45. The van der Waals surface area contributed by atoms with Gasteiger partial charge in [-0.3, -0.25) is 6.08 Å². The Morgan fingerprint density at radius 2 is 0.964 bits per heavy atom. The second-order valence-electron chi connectivity index (χ2n) is 17.2. The first kappa shape index (κ1) is 49.3. The second-order valence-corrected chi connectivity index (χ2v) is 18.4. The molecule has 5 aromatic carbocycles. The zero-order valence-electron chi connectivity index (χ0n) is 33.8. The number of halogens is 8. The molecule has 300 valence electrons. The average molecular weight is 891 g/mol. The summed E-state index contributed by atoms with van der Waals surface area (Å²) in [5, 5.41) is 5.49. The van der Waals surface area contributed by atoms with Crippen molar-refractivity contribution >= 4 is 24.8 Å². The van der Waals surface area contributed by atoms with Gasteiger partial charge in [-0.1, -0.05) is 123 Å². The van der Waals surface area contributed by atoms with Gasteiger partial charge < -0.3 is 24.8 Å². The average Bonchev–Trinajstić information content (AvgIpc) is 3.61. The third-order valence-corrected chi connectivity index (χ3v) is 10.9. The van der Waals surface area contributed by atoms with Crippen LogP contribution in [0.4, 0.5) is 26.3 Å². The minimum absolute atomic E-state index is 0. The smallest absolute Gasteiger partial charge is 1.00 e. The molecular weight excluding hydrogens is 841 g/mol. The Morgan fingerprint density at radius 1 is 0.571 bits per heavy atom. The first-order valence-corrected chi connectivity index (χ1v) is 19.3. The van der Waals surface area contributed by atoms with E-state index in [0.717, 1.165) is 48.5 Å². The molecule has 1 aliphatic carbocycles. The predicted molar refractivity (Wildman–Crippen MR) is 210 cm³/mol. The van der Waals surface area contributed by atoms with Gasteiger partial charge in [0.25, 0.3) is 0 Å². The van der Waals surface area contributed by atoms with Crippen molar-refractivity contribution in [1.82, 2.24) is 0 Å². The maximum Gasteiger partial charge on any atom is -1.00 e. The summed E-state index contributed by atoms with van der Waals surface area (Å²) in [6.07, 6.45) is -3.26. The fraction of sp³-hybridized carbons (Fsp3) is 0.362. The summed E-state index contributed by atoms with van der Waals surface area (Å²) < 4.78 is 76.7. The van der Waals surface area contributed by atoms with Crippen LogP contribution < -0.4 is 24.8 Å². The number of alkyl halides is 6. The maximum atomic E-state index is 12.7. The second kappa shape index (κ2) is 18.4. The van der Waals surface area contributed by atoms with Gasteiger partial charge in [-0.25, -0.2) is 5.57 Å².